The Labute approximate surface area is 117 Å². The number of rotatable bonds is 7. The highest BCUT2D eigenvalue weighted by atomic mass is 16.5. The topological polar surface area (TPSA) is 48.3 Å². The molecule has 0 amide bonds. The molecule has 19 heavy (non-hydrogen) atoms. The molecule has 2 rings (SSSR count). The summed E-state index contributed by atoms with van der Waals surface area (Å²) in [5.74, 6) is 1.18. The van der Waals surface area contributed by atoms with E-state index in [-0.39, 0.29) is 5.54 Å². The summed E-state index contributed by atoms with van der Waals surface area (Å²) in [5, 5.41) is 13.1. The Morgan fingerprint density at radius 3 is 2.74 bits per heavy atom. The maximum atomic E-state index is 9.61. The van der Waals surface area contributed by atoms with Crippen molar-refractivity contribution in [3.05, 3.63) is 0 Å². The molecule has 2 unspecified atom stereocenters. The Morgan fingerprint density at radius 1 is 1.42 bits per heavy atom. The molecule has 0 aromatic carbocycles. The van der Waals surface area contributed by atoms with E-state index in [1.807, 2.05) is 0 Å². The first kappa shape index (κ1) is 14.8. The molecule has 0 aromatic rings. The van der Waals surface area contributed by atoms with Gasteiger partial charge in [0.15, 0.2) is 0 Å². The summed E-state index contributed by atoms with van der Waals surface area (Å²) in [6.07, 6.45) is 4.83. The summed E-state index contributed by atoms with van der Waals surface area (Å²) in [7, 11) is 2.14. The van der Waals surface area contributed by atoms with Crippen LogP contribution in [0.25, 0.3) is 0 Å². The minimum atomic E-state index is -0.334. The summed E-state index contributed by atoms with van der Waals surface area (Å²) >= 11 is 0. The van der Waals surface area contributed by atoms with E-state index in [1.54, 1.807) is 0 Å². The Hall–Kier alpha value is -0.630. The maximum absolute atomic E-state index is 9.61. The van der Waals surface area contributed by atoms with Crippen molar-refractivity contribution in [1.29, 1.82) is 5.26 Å². The third-order valence-electron chi connectivity index (χ3n) is 4.31. The average molecular weight is 265 g/mol. The van der Waals surface area contributed by atoms with Crippen molar-refractivity contribution in [2.24, 2.45) is 11.8 Å². The van der Waals surface area contributed by atoms with Crippen molar-refractivity contribution in [3.63, 3.8) is 0 Å². The van der Waals surface area contributed by atoms with E-state index < -0.39 is 0 Å². The molecule has 2 fully saturated rings. The Morgan fingerprint density at radius 2 is 2.21 bits per heavy atom. The smallest absolute Gasteiger partial charge is 0.122 e. The minimum Gasteiger partial charge on any atom is -0.381 e. The van der Waals surface area contributed by atoms with Gasteiger partial charge < -0.3 is 9.64 Å². The molecule has 0 aromatic heterocycles. The van der Waals surface area contributed by atoms with Crippen LogP contribution in [0.2, 0.25) is 0 Å². The standard InChI is InChI=1S/C15H27N3O/c1-3-17-15(11-16,14-6-7-14)12-18(2)9-13-5-4-8-19-10-13/h13-14,17H,3-10,12H2,1-2H3. The van der Waals surface area contributed by atoms with Crippen LogP contribution in [0, 0.1) is 23.2 Å². The molecular formula is C15H27N3O. The molecule has 2 atom stereocenters. The quantitative estimate of drug-likeness (QED) is 0.760. The molecule has 2 aliphatic rings. The van der Waals surface area contributed by atoms with Crippen LogP contribution in [-0.4, -0.2) is 50.3 Å². The van der Waals surface area contributed by atoms with Gasteiger partial charge in [0.2, 0.25) is 0 Å². The Kier molecular flexibility index (Phi) is 5.20. The maximum Gasteiger partial charge on any atom is 0.122 e. The van der Waals surface area contributed by atoms with Gasteiger partial charge in [-0.05, 0) is 51.1 Å². The largest absolute Gasteiger partial charge is 0.381 e. The molecule has 4 heteroatoms. The predicted octanol–water partition coefficient (Wildman–Crippen LogP) is 1.63. The molecule has 1 aliphatic heterocycles. The van der Waals surface area contributed by atoms with Gasteiger partial charge in [-0.15, -0.1) is 0 Å². The molecule has 1 saturated carbocycles. The highest BCUT2D eigenvalue weighted by molar-refractivity contribution is 5.16. The number of hydrogen-bond donors (Lipinski definition) is 1. The summed E-state index contributed by atoms with van der Waals surface area (Å²) in [6, 6.07) is 2.56. The normalized spacial score (nSPS) is 26.9. The highest BCUT2D eigenvalue weighted by Crippen LogP contribution is 2.40. The monoisotopic (exact) mass is 265 g/mol. The SMILES string of the molecule is CCNC(C#N)(CN(C)CC1CCCOC1)C1CC1. The lowest BCUT2D eigenvalue weighted by molar-refractivity contribution is 0.0390. The first-order chi connectivity index (χ1) is 9.20. The second-order valence-electron chi connectivity index (χ2n) is 6.17. The third kappa shape index (κ3) is 3.92. The van der Waals surface area contributed by atoms with Crippen LogP contribution < -0.4 is 5.32 Å². The van der Waals surface area contributed by atoms with Gasteiger partial charge in [0, 0.05) is 19.7 Å². The first-order valence-electron chi connectivity index (χ1n) is 7.62. The second-order valence-corrected chi connectivity index (χ2v) is 6.17. The fourth-order valence-electron chi connectivity index (χ4n) is 3.27. The van der Waals surface area contributed by atoms with E-state index in [2.05, 4.69) is 30.3 Å². The van der Waals surface area contributed by atoms with E-state index in [0.29, 0.717) is 11.8 Å². The molecule has 4 nitrogen and oxygen atoms in total. The number of nitriles is 1. The lowest BCUT2D eigenvalue weighted by atomic mass is 9.93. The van der Waals surface area contributed by atoms with Crippen LogP contribution in [0.1, 0.15) is 32.6 Å². The molecule has 0 bridgehead atoms. The van der Waals surface area contributed by atoms with Gasteiger partial charge in [-0.25, -0.2) is 0 Å². The van der Waals surface area contributed by atoms with Crippen molar-refractivity contribution >= 4 is 0 Å². The van der Waals surface area contributed by atoms with Crippen LogP contribution in [-0.2, 0) is 4.74 Å². The third-order valence-corrected chi connectivity index (χ3v) is 4.31. The van der Waals surface area contributed by atoms with Gasteiger partial charge in [0.1, 0.15) is 5.54 Å². The summed E-state index contributed by atoms with van der Waals surface area (Å²) in [6.45, 7) is 6.63. The van der Waals surface area contributed by atoms with Crippen LogP contribution in [0.5, 0.6) is 0 Å². The minimum absolute atomic E-state index is 0.334. The number of nitrogens with zero attached hydrogens (tertiary/aromatic N) is 2. The van der Waals surface area contributed by atoms with Crippen LogP contribution in [0.15, 0.2) is 0 Å². The zero-order valence-electron chi connectivity index (χ0n) is 12.3. The molecule has 1 saturated heterocycles. The fourth-order valence-corrected chi connectivity index (χ4v) is 3.27. The van der Waals surface area contributed by atoms with E-state index in [4.69, 9.17) is 4.74 Å². The van der Waals surface area contributed by atoms with Gasteiger partial charge in [-0.3, -0.25) is 5.32 Å². The van der Waals surface area contributed by atoms with E-state index in [0.717, 1.165) is 32.8 Å². The lowest BCUT2D eigenvalue weighted by Crippen LogP contribution is -2.54. The van der Waals surface area contributed by atoms with Gasteiger partial charge >= 0.3 is 0 Å². The Bertz CT molecular complexity index is 318. The van der Waals surface area contributed by atoms with Gasteiger partial charge in [-0.2, -0.15) is 5.26 Å². The van der Waals surface area contributed by atoms with E-state index in [1.165, 1.54) is 25.7 Å². The number of likely N-dealkylation sites (N-methyl/N-ethyl adjacent to an activating group) is 2. The van der Waals surface area contributed by atoms with Crippen LogP contribution in [0.3, 0.4) is 0 Å². The van der Waals surface area contributed by atoms with Gasteiger partial charge in [-0.1, -0.05) is 6.92 Å². The first-order valence-corrected chi connectivity index (χ1v) is 7.62. The van der Waals surface area contributed by atoms with Gasteiger partial charge in [0.05, 0.1) is 12.7 Å². The lowest BCUT2D eigenvalue weighted by Gasteiger charge is -2.34. The molecule has 0 radical (unpaired) electrons. The summed E-state index contributed by atoms with van der Waals surface area (Å²) in [4.78, 5) is 2.32. The molecule has 1 aliphatic carbocycles. The number of hydrogen-bond acceptors (Lipinski definition) is 4. The van der Waals surface area contributed by atoms with Crippen molar-refractivity contribution in [3.8, 4) is 6.07 Å². The van der Waals surface area contributed by atoms with Gasteiger partial charge in [0.25, 0.3) is 0 Å². The average Bonchev–Trinajstić information content (AvgIpc) is 3.24. The summed E-state index contributed by atoms with van der Waals surface area (Å²) in [5.41, 5.74) is -0.334. The van der Waals surface area contributed by atoms with Crippen LogP contribution >= 0.6 is 0 Å². The highest BCUT2D eigenvalue weighted by Gasteiger charge is 2.45. The molecular weight excluding hydrogens is 238 g/mol. The van der Waals surface area contributed by atoms with E-state index >= 15 is 0 Å². The Balaban J connectivity index is 1.87. The number of ether oxygens (including phenoxy) is 1. The summed E-state index contributed by atoms with van der Waals surface area (Å²) < 4.78 is 5.54. The predicted molar refractivity (Wildman–Crippen MR) is 75.8 cm³/mol. The zero-order chi connectivity index (χ0) is 13.7. The zero-order valence-corrected chi connectivity index (χ0v) is 12.3. The van der Waals surface area contributed by atoms with Crippen molar-refractivity contribution < 1.29 is 4.74 Å². The van der Waals surface area contributed by atoms with Crippen molar-refractivity contribution in [2.75, 3.05) is 39.9 Å². The van der Waals surface area contributed by atoms with E-state index in [9.17, 15) is 5.26 Å². The molecule has 0 spiro atoms. The second kappa shape index (κ2) is 6.69. The molecule has 1 N–H and O–H groups in total. The number of nitrogens with one attached hydrogen (secondary N) is 1. The fraction of sp³-hybridized carbons (Fsp3) is 0.933. The molecule has 1 heterocycles. The van der Waals surface area contributed by atoms with Crippen molar-refractivity contribution in [1.82, 2.24) is 10.2 Å². The molecule has 108 valence electrons. The van der Waals surface area contributed by atoms with Crippen molar-refractivity contribution in [2.45, 2.75) is 38.1 Å². The van der Waals surface area contributed by atoms with Crippen LogP contribution in [0.4, 0.5) is 0 Å².